The highest BCUT2D eigenvalue weighted by Crippen LogP contribution is 2.60. The van der Waals surface area contributed by atoms with Crippen molar-refractivity contribution in [2.24, 2.45) is 11.8 Å². The molecule has 4 rings (SSSR count). The number of hydrogen-bond donors (Lipinski definition) is 0. The predicted octanol–water partition coefficient (Wildman–Crippen LogP) is 1.95. The van der Waals surface area contributed by atoms with Crippen LogP contribution < -0.4 is 0 Å². The minimum atomic E-state index is 0.954. The fourth-order valence-corrected chi connectivity index (χ4v) is 5.13. The molecule has 0 aromatic carbocycles. The molecule has 4 aliphatic rings. The fourth-order valence-electron chi connectivity index (χ4n) is 5.13. The van der Waals surface area contributed by atoms with Gasteiger partial charge in [-0.2, -0.15) is 0 Å². The number of piperidine rings is 3. The lowest BCUT2D eigenvalue weighted by Crippen LogP contribution is -2.46. The van der Waals surface area contributed by atoms with Crippen LogP contribution in [0.3, 0.4) is 0 Å². The Morgan fingerprint density at radius 2 is 1.44 bits per heavy atom. The molecule has 0 spiro atoms. The fraction of sp³-hybridized carbons (Fsp3) is 1.00. The second-order valence-corrected chi connectivity index (χ2v) is 6.47. The third-order valence-corrected chi connectivity index (χ3v) is 5.84. The van der Waals surface area contributed by atoms with Gasteiger partial charge in [0, 0.05) is 18.1 Å². The summed E-state index contributed by atoms with van der Waals surface area (Å²) in [4.78, 5) is 5.57. The third-order valence-electron chi connectivity index (χ3n) is 5.84. The zero-order chi connectivity index (χ0) is 10.7. The first-order valence-electron chi connectivity index (χ1n) is 7.34. The molecule has 0 aromatic heterocycles. The zero-order valence-corrected chi connectivity index (χ0v) is 10.4. The van der Waals surface area contributed by atoms with Crippen LogP contribution in [0.15, 0.2) is 0 Å². The van der Waals surface area contributed by atoms with E-state index in [1.165, 1.54) is 51.6 Å². The van der Waals surface area contributed by atoms with Gasteiger partial charge in [-0.15, -0.1) is 0 Å². The van der Waals surface area contributed by atoms with Crippen molar-refractivity contribution in [3.05, 3.63) is 0 Å². The van der Waals surface area contributed by atoms with E-state index in [0.29, 0.717) is 0 Å². The SMILES string of the molecule is CN1[C@@H]2CCC[C@H]1[C@@H]1C(N3CCCCC3)[C@@H]12. The average Bonchev–Trinajstić information content (AvgIpc) is 3.01. The third kappa shape index (κ3) is 1.20. The molecule has 1 aliphatic carbocycles. The number of hydrogen-bond acceptors (Lipinski definition) is 2. The van der Waals surface area contributed by atoms with E-state index in [1.807, 2.05) is 0 Å². The van der Waals surface area contributed by atoms with Crippen molar-refractivity contribution in [1.82, 2.24) is 9.80 Å². The van der Waals surface area contributed by atoms with Crippen molar-refractivity contribution in [1.29, 1.82) is 0 Å². The summed E-state index contributed by atoms with van der Waals surface area (Å²) < 4.78 is 0. The molecule has 0 N–H and O–H groups in total. The largest absolute Gasteiger partial charge is 0.300 e. The van der Waals surface area contributed by atoms with E-state index in [-0.39, 0.29) is 0 Å². The maximum Gasteiger partial charge on any atom is 0.0189 e. The van der Waals surface area contributed by atoms with Gasteiger partial charge in [-0.1, -0.05) is 12.8 Å². The van der Waals surface area contributed by atoms with Gasteiger partial charge in [-0.25, -0.2) is 0 Å². The Labute approximate surface area is 99.0 Å². The maximum atomic E-state index is 2.84. The van der Waals surface area contributed by atoms with Crippen molar-refractivity contribution in [2.75, 3.05) is 20.1 Å². The van der Waals surface area contributed by atoms with E-state index in [9.17, 15) is 0 Å². The lowest BCUT2D eigenvalue weighted by molar-refractivity contribution is 0.0938. The summed E-state index contributed by atoms with van der Waals surface area (Å²) in [5.41, 5.74) is 0. The Bertz CT molecular complexity index is 266. The molecule has 3 aliphatic heterocycles. The van der Waals surface area contributed by atoms with Crippen molar-refractivity contribution in [3.8, 4) is 0 Å². The molecule has 2 bridgehead atoms. The van der Waals surface area contributed by atoms with Crippen LogP contribution in [-0.2, 0) is 0 Å². The highest BCUT2D eigenvalue weighted by Gasteiger charge is 2.67. The quantitative estimate of drug-likeness (QED) is 0.666. The van der Waals surface area contributed by atoms with Crippen molar-refractivity contribution in [2.45, 2.75) is 56.7 Å². The summed E-state index contributed by atoms with van der Waals surface area (Å²) in [6.45, 7) is 2.81. The highest BCUT2D eigenvalue weighted by atomic mass is 15.3. The summed E-state index contributed by atoms with van der Waals surface area (Å²) in [5.74, 6) is 2.13. The van der Waals surface area contributed by atoms with Gasteiger partial charge in [0.25, 0.3) is 0 Å². The van der Waals surface area contributed by atoms with Crippen LogP contribution in [0.25, 0.3) is 0 Å². The lowest BCUT2D eigenvalue weighted by atomic mass is 9.96. The zero-order valence-electron chi connectivity index (χ0n) is 10.4. The van der Waals surface area contributed by atoms with Crippen molar-refractivity contribution >= 4 is 0 Å². The molecule has 2 heteroatoms. The van der Waals surface area contributed by atoms with Gasteiger partial charge in [0.15, 0.2) is 0 Å². The molecule has 0 aromatic rings. The second kappa shape index (κ2) is 3.46. The molecule has 90 valence electrons. The lowest BCUT2D eigenvalue weighted by Gasteiger charge is -2.39. The van der Waals surface area contributed by atoms with E-state index in [4.69, 9.17) is 0 Å². The Kier molecular flexibility index (Phi) is 2.14. The van der Waals surface area contributed by atoms with Crippen LogP contribution in [0.5, 0.6) is 0 Å². The van der Waals surface area contributed by atoms with Gasteiger partial charge in [0.1, 0.15) is 0 Å². The van der Waals surface area contributed by atoms with Gasteiger partial charge in [-0.05, 0) is 57.7 Å². The van der Waals surface area contributed by atoms with E-state index < -0.39 is 0 Å². The molecule has 16 heavy (non-hydrogen) atoms. The number of fused-ring (bicyclic) bond motifs is 5. The summed E-state index contributed by atoms with van der Waals surface area (Å²) in [7, 11) is 2.38. The van der Waals surface area contributed by atoms with Gasteiger partial charge >= 0.3 is 0 Å². The van der Waals surface area contributed by atoms with E-state index in [2.05, 4.69) is 16.8 Å². The molecular formula is C14H24N2. The molecule has 3 saturated heterocycles. The predicted molar refractivity (Wildman–Crippen MR) is 65.4 cm³/mol. The van der Waals surface area contributed by atoms with Gasteiger partial charge in [-0.3, -0.25) is 9.80 Å². The highest BCUT2D eigenvalue weighted by molar-refractivity contribution is 5.21. The normalized spacial score (nSPS) is 52.7. The molecule has 0 radical (unpaired) electrons. The molecule has 0 amide bonds. The summed E-state index contributed by atoms with van der Waals surface area (Å²) in [6, 6.07) is 2.91. The summed E-state index contributed by atoms with van der Waals surface area (Å²) >= 11 is 0. The topological polar surface area (TPSA) is 6.48 Å². The minimum Gasteiger partial charge on any atom is -0.300 e. The van der Waals surface area contributed by atoms with E-state index in [0.717, 1.165) is 30.0 Å². The molecule has 5 atom stereocenters. The molecule has 2 nitrogen and oxygen atoms in total. The molecular weight excluding hydrogens is 196 g/mol. The van der Waals surface area contributed by atoms with Crippen LogP contribution in [0.4, 0.5) is 0 Å². The van der Waals surface area contributed by atoms with Crippen molar-refractivity contribution < 1.29 is 0 Å². The number of nitrogens with zero attached hydrogens (tertiary/aromatic N) is 2. The Hall–Kier alpha value is -0.0800. The summed E-state index contributed by atoms with van der Waals surface area (Å²) in [6.07, 6.45) is 8.87. The second-order valence-electron chi connectivity index (χ2n) is 6.47. The molecule has 1 saturated carbocycles. The van der Waals surface area contributed by atoms with Gasteiger partial charge in [0.05, 0.1) is 0 Å². The van der Waals surface area contributed by atoms with Crippen molar-refractivity contribution in [3.63, 3.8) is 0 Å². The molecule has 4 fully saturated rings. The first kappa shape index (κ1) is 9.90. The van der Waals surface area contributed by atoms with E-state index >= 15 is 0 Å². The maximum absolute atomic E-state index is 2.84. The Morgan fingerprint density at radius 3 is 2.06 bits per heavy atom. The van der Waals surface area contributed by atoms with Crippen LogP contribution in [0.2, 0.25) is 0 Å². The Balaban J connectivity index is 1.51. The average molecular weight is 220 g/mol. The smallest absolute Gasteiger partial charge is 0.0189 e. The van der Waals surface area contributed by atoms with Crippen LogP contribution >= 0.6 is 0 Å². The monoisotopic (exact) mass is 220 g/mol. The molecule has 1 unspecified atom stereocenters. The van der Waals surface area contributed by atoms with Crippen LogP contribution in [0.1, 0.15) is 38.5 Å². The van der Waals surface area contributed by atoms with E-state index in [1.54, 1.807) is 0 Å². The summed E-state index contributed by atoms with van der Waals surface area (Å²) in [5, 5.41) is 0. The molecule has 3 heterocycles. The number of rotatable bonds is 1. The van der Waals surface area contributed by atoms with Crippen LogP contribution in [0, 0.1) is 11.8 Å². The number of likely N-dealkylation sites (tertiary alicyclic amines) is 1. The van der Waals surface area contributed by atoms with Gasteiger partial charge in [0.2, 0.25) is 0 Å². The van der Waals surface area contributed by atoms with Gasteiger partial charge < -0.3 is 0 Å². The first-order chi connectivity index (χ1) is 7.88. The standard InChI is InChI=1S/C14H24N2/c1-15-10-6-5-7-11(15)13-12(10)14(13)16-8-3-2-4-9-16/h10-14H,2-9H2,1H3/t10-,11+,12-,13+,14?. The minimum absolute atomic E-state index is 0.954. The van der Waals surface area contributed by atoms with Crippen LogP contribution in [-0.4, -0.2) is 48.1 Å². The Morgan fingerprint density at radius 1 is 0.812 bits per heavy atom. The first-order valence-corrected chi connectivity index (χ1v) is 7.34.